The van der Waals surface area contributed by atoms with E-state index in [2.05, 4.69) is 5.32 Å². The predicted octanol–water partition coefficient (Wildman–Crippen LogP) is 6.60. The molecule has 0 unspecified atom stereocenters. The van der Waals surface area contributed by atoms with Crippen molar-refractivity contribution < 1.29 is 19.1 Å². The fourth-order valence-electron chi connectivity index (χ4n) is 2.69. The number of rotatable bonds is 7. The van der Waals surface area contributed by atoms with Gasteiger partial charge in [0.25, 0.3) is 0 Å². The molecule has 3 aromatic rings. The highest BCUT2D eigenvalue weighted by atomic mass is 35.5. The smallest absolute Gasteiger partial charge is 0.340 e. The van der Waals surface area contributed by atoms with Gasteiger partial charge in [-0.25, -0.2) is 4.79 Å². The lowest BCUT2D eigenvalue weighted by atomic mass is 10.1. The minimum Gasteiger partial charge on any atom is -0.493 e. The molecule has 0 saturated carbocycles. The number of hydrogen-bond acceptors (Lipinski definition) is 5. The van der Waals surface area contributed by atoms with E-state index in [-0.39, 0.29) is 0 Å². The first-order chi connectivity index (χ1) is 15.4. The third-order valence-electron chi connectivity index (χ3n) is 4.30. The highest BCUT2D eigenvalue weighted by Gasteiger charge is 2.12. The highest BCUT2D eigenvalue weighted by Crippen LogP contribution is 2.23. The van der Waals surface area contributed by atoms with Gasteiger partial charge in [-0.1, -0.05) is 46.9 Å². The zero-order valence-electron chi connectivity index (χ0n) is 17.5. The normalized spacial score (nSPS) is 9.91. The number of nitrogens with one attached hydrogen (secondary N) is 1. The van der Waals surface area contributed by atoms with E-state index in [1.807, 2.05) is 30.3 Å². The second-order valence-electron chi connectivity index (χ2n) is 6.46. The van der Waals surface area contributed by atoms with Crippen molar-refractivity contribution >= 4 is 52.7 Å². The number of ether oxygens (including phenoxy) is 2. The van der Waals surface area contributed by atoms with Crippen LogP contribution in [0.3, 0.4) is 0 Å². The number of aldehydes is 1. The van der Waals surface area contributed by atoms with Gasteiger partial charge in [-0.3, -0.25) is 4.79 Å². The Labute approximate surface area is 202 Å². The van der Waals surface area contributed by atoms with Crippen LogP contribution < -0.4 is 10.1 Å². The standard InChI is InChI=1S/C17H18ClNO3.C7H4Cl2O/c1-19-16-7-6-14(11-15(16)17(20)21-2)22-9-8-12-4-3-5-13(18)10-12;8-6-2-1-5(4-10)7(9)3-6/h3-7,10-11,19H,8-9H2,1-2H3;1-4H. The third-order valence-corrected chi connectivity index (χ3v) is 5.10. The Hall–Kier alpha value is -2.73. The summed E-state index contributed by atoms with van der Waals surface area (Å²) in [5, 5.41) is 4.60. The van der Waals surface area contributed by atoms with Crippen LogP contribution in [0.2, 0.25) is 15.1 Å². The summed E-state index contributed by atoms with van der Waals surface area (Å²) in [5.74, 6) is 0.228. The van der Waals surface area contributed by atoms with E-state index in [4.69, 9.17) is 44.3 Å². The van der Waals surface area contributed by atoms with Gasteiger partial charge in [-0.05, 0) is 54.1 Å². The summed E-state index contributed by atoms with van der Waals surface area (Å²) in [7, 11) is 3.11. The third kappa shape index (κ3) is 7.75. The number of esters is 1. The van der Waals surface area contributed by atoms with Gasteiger partial charge in [0.15, 0.2) is 6.29 Å². The number of carbonyl (C=O) groups excluding carboxylic acids is 2. The first-order valence-corrected chi connectivity index (χ1v) is 10.7. The second kappa shape index (κ2) is 13.0. The second-order valence-corrected chi connectivity index (χ2v) is 7.74. The van der Waals surface area contributed by atoms with E-state index in [9.17, 15) is 9.59 Å². The average molecular weight is 495 g/mol. The zero-order chi connectivity index (χ0) is 23.5. The molecule has 0 aliphatic heterocycles. The lowest BCUT2D eigenvalue weighted by Gasteiger charge is -2.11. The molecule has 0 saturated heterocycles. The van der Waals surface area contributed by atoms with Crippen LogP contribution in [0.1, 0.15) is 26.3 Å². The number of anilines is 1. The molecule has 1 N–H and O–H groups in total. The number of halogens is 3. The van der Waals surface area contributed by atoms with E-state index < -0.39 is 5.97 Å². The van der Waals surface area contributed by atoms with Crippen molar-refractivity contribution in [1.82, 2.24) is 0 Å². The maximum atomic E-state index is 11.7. The van der Waals surface area contributed by atoms with Crippen molar-refractivity contribution in [3.63, 3.8) is 0 Å². The maximum absolute atomic E-state index is 11.7. The van der Waals surface area contributed by atoms with Crippen molar-refractivity contribution in [1.29, 1.82) is 0 Å². The van der Waals surface area contributed by atoms with E-state index in [1.165, 1.54) is 13.2 Å². The van der Waals surface area contributed by atoms with Gasteiger partial charge in [-0.15, -0.1) is 0 Å². The molecule has 0 fully saturated rings. The van der Waals surface area contributed by atoms with E-state index in [0.29, 0.717) is 50.5 Å². The largest absolute Gasteiger partial charge is 0.493 e. The molecule has 3 aromatic carbocycles. The van der Waals surface area contributed by atoms with Gasteiger partial charge in [0.05, 0.1) is 24.3 Å². The summed E-state index contributed by atoms with van der Waals surface area (Å²) in [6.07, 6.45) is 1.43. The number of benzene rings is 3. The molecule has 0 amide bonds. The monoisotopic (exact) mass is 493 g/mol. The van der Waals surface area contributed by atoms with Crippen molar-refractivity contribution in [2.45, 2.75) is 6.42 Å². The molecule has 8 heteroatoms. The fraction of sp³-hybridized carbons (Fsp3) is 0.167. The lowest BCUT2D eigenvalue weighted by molar-refractivity contribution is 0.0601. The Morgan fingerprint density at radius 3 is 2.38 bits per heavy atom. The van der Waals surface area contributed by atoms with Gasteiger partial charge in [0.1, 0.15) is 5.75 Å². The van der Waals surface area contributed by atoms with Crippen molar-refractivity contribution in [3.8, 4) is 5.75 Å². The van der Waals surface area contributed by atoms with Crippen molar-refractivity contribution in [2.24, 2.45) is 0 Å². The number of carbonyl (C=O) groups is 2. The lowest BCUT2D eigenvalue weighted by Crippen LogP contribution is -2.07. The molecule has 0 spiro atoms. The van der Waals surface area contributed by atoms with Crippen LogP contribution in [-0.4, -0.2) is 33.0 Å². The average Bonchev–Trinajstić information content (AvgIpc) is 2.79. The molecule has 5 nitrogen and oxygen atoms in total. The maximum Gasteiger partial charge on any atom is 0.340 e. The first kappa shape index (κ1) is 25.5. The Bertz CT molecular complexity index is 1070. The van der Waals surface area contributed by atoms with Gasteiger partial charge in [-0.2, -0.15) is 0 Å². The number of hydrogen-bond donors (Lipinski definition) is 1. The summed E-state index contributed by atoms with van der Waals surface area (Å²) in [4.78, 5) is 22.0. The van der Waals surface area contributed by atoms with Crippen LogP contribution in [0.4, 0.5) is 5.69 Å². The van der Waals surface area contributed by atoms with E-state index >= 15 is 0 Å². The number of methoxy groups -OCH3 is 1. The van der Waals surface area contributed by atoms with Gasteiger partial charge in [0.2, 0.25) is 0 Å². The molecule has 3 rings (SSSR count). The minimum atomic E-state index is -0.398. The van der Waals surface area contributed by atoms with Gasteiger partial charge in [0, 0.05) is 34.8 Å². The van der Waals surface area contributed by atoms with Gasteiger partial charge < -0.3 is 14.8 Å². The van der Waals surface area contributed by atoms with E-state index in [1.54, 1.807) is 31.3 Å². The van der Waals surface area contributed by atoms with Crippen molar-refractivity contribution in [2.75, 3.05) is 26.1 Å². The van der Waals surface area contributed by atoms with Crippen LogP contribution in [0.15, 0.2) is 60.7 Å². The molecule has 0 aromatic heterocycles. The molecular formula is C24H22Cl3NO4. The molecule has 0 radical (unpaired) electrons. The van der Waals surface area contributed by atoms with Crippen LogP contribution in [0.5, 0.6) is 5.75 Å². The van der Waals surface area contributed by atoms with Crippen LogP contribution in [-0.2, 0) is 11.2 Å². The highest BCUT2D eigenvalue weighted by molar-refractivity contribution is 6.36. The predicted molar refractivity (Wildman–Crippen MR) is 130 cm³/mol. The Morgan fingerprint density at radius 2 is 1.75 bits per heavy atom. The minimum absolute atomic E-state index is 0.391. The van der Waals surface area contributed by atoms with Crippen molar-refractivity contribution in [3.05, 3.63) is 92.4 Å². The quantitative estimate of drug-likeness (QED) is 0.296. The molecule has 0 aliphatic carbocycles. The Kier molecular flexibility index (Phi) is 10.3. The molecule has 0 atom stereocenters. The first-order valence-electron chi connectivity index (χ1n) is 9.55. The van der Waals surface area contributed by atoms with E-state index in [0.717, 1.165) is 12.0 Å². The SMILES string of the molecule is CNc1ccc(OCCc2cccc(Cl)c2)cc1C(=O)OC.O=Cc1ccc(Cl)cc1Cl. The summed E-state index contributed by atoms with van der Waals surface area (Å²) in [6.45, 7) is 0.500. The molecular weight excluding hydrogens is 473 g/mol. The molecule has 32 heavy (non-hydrogen) atoms. The summed E-state index contributed by atoms with van der Waals surface area (Å²) in [5.41, 5.74) is 2.72. The van der Waals surface area contributed by atoms with Crippen LogP contribution >= 0.6 is 34.8 Å². The van der Waals surface area contributed by atoms with Gasteiger partial charge >= 0.3 is 5.97 Å². The molecule has 0 heterocycles. The van der Waals surface area contributed by atoms with Crippen LogP contribution in [0.25, 0.3) is 0 Å². The Balaban J connectivity index is 0.000000303. The summed E-state index contributed by atoms with van der Waals surface area (Å²) >= 11 is 17.1. The molecule has 0 bridgehead atoms. The summed E-state index contributed by atoms with van der Waals surface area (Å²) in [6, 6.07) is 17.7. The van der Waals surface area contributed by atoms with Crippen LogP contribution in [0, 0.1) is 0 Å². The Morgan fingerprint density at radius 1 is 1.00 bits per heavy atom. The molecule has 0 aliphatic rings. The summed E-state index contributed by atoms with van der Waals surface area (Å²) < 4.78 is 10.5. The molecule has 168 valence electrons. The fourth-order valence-corrected chi connectivity index (χ4v) is 3.35. The topological polar surface area (TPSA) is 64.6 Å². The zero-order valence-corrected chi connectivity index (χ0v) is 19.8.